The minimum atomic E-state index is -3.75. The molecule has 122 valence electrons. The number of ether oxygens (including phenoxy) is 1. The van der Waals surface area contributed by atoms with Crippen molar-refractivity contribution in [2.24, 2.45) is 0 Å². The molecule has 0 unspecified atom stereocenters. The normalized spacial score (nSPS) is 11.0. The zero-order chi connectivity index (χ0) is 16.9. The number of nitrogens with one attached hydrogen (secondary N) is 1. The van der Waals surface area contributed by atoms with Crippen molar-refractivity contribution in [2.75, 3.05) is 11.3 Å². The minimum absolute atomic E-state index is 0.0841. The molecule has 0 heterocycles. The summed E-state index contributed by atoms with van der Waals surface area (Å²) in [5.41, 5.74) is 0.570. The molecule has 0 atom stereocenters. The van der Waals surface area contributed by atoms with Gasteiger partial charge in [0.25, 0.3) is 10.0 Å². The van der Waals surface area contributed by atoms with Crippen molar-refractivity contribution in [3.05, 3.63) is 59.1 Å². The Bertz CT molecular complexity index is 788. The number of halogens is 1. The molecule has 0 saturated carbocycles. The molecular formula is C16H16ClNO4S. The Kier molecular flexibility index (Phi) is 5.63. The zero-order valence-electron chi connectivity index (χ0n) is 12.5. The third kappa shape index (κ3) is 4.71. The van der Waals surface area contributed by atoms with Crippen molar-refractivity contribution in [3.63, 3.8) is 0 Å². The highest BCUT2D eigenvalue weighted by atomic mass is 35.5. The summed E-state index contributed by atoms with van der Waals surface area (Å²) in [6, 6.07) is 12.0. The van der Waals surface area contributed by atoms with Crippen LogP contribution in [0, 0.1) is 0 Å². The molecule has 23 heavy (non-hydrogen) atoms. The van der Waals surface area contributed by atoms with Crippen molar-refractivity contribution in [3.8, 4) is 0 Å². The van der Waals surface area contributed by atoms with Gasteiger partial charge in [0.05, 0.1) is 17.1 Å². The Hall–Kier alpha value is -2.05. The maximum Gasteiger partial charge on any atom is 0.338 e. The molecule has 0 aliphatic rings. The van der Waals surface area contributed by atoms with E-state index in [2.05, 4.69) is 4.72 Å². The Morgan fingerprint density at radius 1 is 1.17 bits per heavy atom. The number of anilines is 1. The fraction of sp³-hybridized carbons (Fsp3) is 0.188. The Balaban J connectivity index is 2.19. The van der Waals surface area contributed by atoms with Crippen LogP contribution in [0.25, 0.3) is 0 Å². The Morgan fingerprint density at radius 2 is 1.87 bits per heavy atom. The van der Waals surface area contributed by atoms with E-state index in [4.69, 9.17) is 16.3 Å². The van der Waals surface area contributed by atoms with Gasteiger partial charge in [0.2, 0.25) is 0 Å². The van der Waals surface area contributed by atoms with E-state index in [0.717, 1.165) is 0 Å². The number of carbonyl (C=O) groups is 1. The van der Waals surface area contributed by atoms with Gasteiger partial charge in [0.1, 0.15) is 0 Å². The van der Waals surface area contributed by atoms with Gasteiger partial charge < -0.3 is 4.74 Å². The van der Waals surface area contributed by atoms with Gasteiger partial charge in [-0.3, -0.25) is 4.72 Å². The summed E-state index contributed by atoms with van der Waals surface area (Å²) in [6.45, 7) is 2.21. The van der Waals surface area contributed by atoms with Crippen LogP contribution in [0.1, 0.15) is 23.7 Å². The molecule has 0 aliphatic heterocycles. The second-order valence-corrected chi connectivity index (χ2v) is 6.89. The van der Waals surface area contributed by atoms with Gasteiger partial charge in [-0.2, -0.15) is 0 Å². The molecule has 1 N–H and O–H groups in total. The fourth-order valence-corrected chi connectivity index (χ4v) is 2.99. The summed E-state index contributed by atoms with van der Waals surface area (Å²) < 4.78 is 32.0. The number of esters is 1. The number of sulfonamides is 1. The summed E-state index contributed by atoms with van der Waals surface area (Å²) in [5, 5.41) is 0.449. The second kappa shape index (κ2) is 7.48. The number of benzene rings is 2. The third-order valence-electron chi connectivity index (χ3n) is 2.91. The molecular weight excluding hydrogens is 338 g/mol. The molecule has 2 aromatic carbocycles. The number of carbonyl (C=O) groups excluding carboxylic acids is 1. The maximum absolute atomic E-state index is 12.3. The molecule has 0 aromatic heterocycles. The third-order valence-corrected chi connectivity index (χ3v) is 4.56. The smallest absolute Gasteiger partial charge is 0.338 e. The highest BCUT2D eigenvalue weighted by molar-refractivity contribution is 7.92. The lowest BCUT2D eigenvalue weighted by atomic mass is 10.2. The van der Waals surface area contributed by atoms with Gasteiger partial charge >= 0.3 is 5.97 Å². The quantitative estimate of drug-likeness (QED) is 0.803. The van der Waals surface area contributed by atoms with Crippen LogP contribution in [-0.4, -0.2) is 21.0 Å². The summed E-state index contributed by atoms with van der Waals surface area (Å²) >= 11 is 5.75. The minimum Gasteiger partial charge on any atom is -0.462 e. The second-order valence-electron chi connectivity index (χ2n) is 4.78. The Labute approximate surface area is 140 Å². The van der Waals surface area contributed by atoms with Crippen LogP contribution < -0.4 is 4.72 Å². The average Bonchev–Trinajstić information content (AvgIpc) is 2.53. The van der Waals surface area contributed by atoms with Crippen LogP contribution in [0.3, 0.4) is 0 Å². The van der Waals surface area contributed by atoms with Crippen LogP contribution in [0.2, 0.25) is 5.02 Å². The molecule has 0 saturated heterocycles. The topological polar surface area (TPSA) is 72.5 Å². The lowest BCUT2D eigenvalue weighted by Gasteiger charge is -2.09. The summed E-state index contributed by atoms with van der Waals surface area (Å²) in [5.74, 6) is -0.487. The first-order valence-electron chi connectivity index (χ1n) is 6.98. The largest absolute Gasteiger partial charge is 0.462 e. The lowest BCUT2D eigenvalue weighted by molar-refractivity contribution is 0.0505. The van der Waals surface area contributed by atoms with Gasteiger partial charge in [-0.15, -0.1) is 0 Å². The predicted molar refractivity (Wildman–Crippen MR) is 89.3 cm³/mol. The fourth-order valence-electron chi connectivity index (χ4n) is 1.82. The van der Waals surface area contributed by atoms with E-state index < -0.39 is 16.0 Å². The number of hydrogen-bond donors (Lipinski definition) is 1. The van der Waals surface area contributed by atoms with Crippen LogP contribution >= 0.6 is 11.6 Å². The summed E-state index contributed by atoms with van der Waals surface area (Å²) in [6.07, 6.45) is 0.717. The molecule has 0 amide bonds. The summed E-state index contributed by atoms with van der Waals surface area (Å²) in [4.78, 5) is 11.9. The Morgan fingerprint density at radius 3 is 2.52 bits per heavy atom. The zero-order valence-corrected chi connectivity index (χ0v) is 14.0. The van der Waals surface area contributed by atoms with Gasteiger partial charge in [-0.05, 0) is 48.9 Å². The van der Waals surface area contributed by atoms with Gasteiger partial charge in [-0.25, -0.2) is 13.2 Å². The van der Waals surface area contributed by atoms with Crippen molar-refractivity contribution >= 4 is 33.3 Å². The van der Waals surface area contributed by atoms with Crippen molar-refractivity contribution in [1.29, 1.82) is 0 Å². The molecule has 7 heteroatoms. The monoisotopic (exact) mass is 353 g/mol. The molecule has 0 bridgehead atoms. The lowest BCUT2D eigenvalue weighted by Crippen LogP contribution is -2.13. The maximum atomic E-state index is 12.3. The predicted octanol–water partition coefficient (Wildman–Crippen LogP) is 3.71. The van der Waals surface area contributed by atoms with E-state index in [-0.39, 0.29) is 16.1 Å². The summed E-state index contributed by atoms with van der Waals surface area (Å²) in [7, 11) is -3.75. The first kappa shape index (κ1) is 17.3. The van der Waals surface area contributed by atoms with Crippen LogP contribution in [0.15, 0.2) is 53.4 Å². The average molecular weight is 354 g/mol. The van der Waals surface area contributed by atoms with E-state index in [0.29, 0.717) is 18.1 Å². The molecule has 0 radical (unpaired) electrons. The van der Waals surface area contributed by atoms with Crippen LogP contribution in [-0.2, 0) is 14.8 Å². The van der Waals surface area contributed by atoms with E-state index in [9.17, 15) is 13.2 Å². The highest BCUT2D eigenvalue weighted by Gasteiger charge is 2.15. The van der Waals surface area contributed by atoms with E-state index in [1.807, 2.05) is 6.92 Å². The number of hydrogen-bond acceptors (Lipinski definition) is 4. The highest BCUT2D eigenvalue weighted by Crippen LogP contribution is 2.19. The first-order valence-corrected chi connectivity index (χ1v) is 8.84. The van der Waals surface area contributed by atoms with Crippen molar-refractivity contribution < 1.29 is 17.9 Å². The SMILES string of the molecule is CCCOC(=O)c1cccc(NS(=O)(=O)c2ccc(Cl)cc2)c1. The molecule has 2 rings (SSSR count). The van der Waals surface area contributed by atoms with Crippen LogP contribution in [0.4, 0.5) is 5.69 Å². The molecule has 2 aromatic rings. The van der Waals surface area contributed by atoms with Crippen LogP contribution in [0.5, 0.6) is 0 Å². The number of rotatable bonds is 6. The van der Waals surface area contributed by atoms with E-state index in [1.54, 1.807) is 18.2 Å². The molecule has 5 nitrogen and oxygen atoms in total. The van der Waals surface area contributed by atoms with Crippen molar-refractivity contribution in [2.45, 2.75) is 18.2 Å². The van der Waals surface area contributed by atoms with E-state index in [1.165, 1.54) is 30.3 Å². The van der Waals surface area contributed by atoms with Gasteiger partial charge in [-0.1, -0.05) is 24.6 Å². The standard InChI is InChI=1S/C16H16ClNO4S/c1-2-10-22-16(19)12-4-3-5-14(11-12)18-23(20,21)15-8-6-13(17)7-9-15/h3-9,11,18H,2,10H2,1H3. The van der Waals surface area contributed by atoms with Gasteiger partial charge in [0.15, 0.2) is 0 Å². The van der Waals surface area contributed by atoms with Crippen molar-refractivity contribution in [1.82, 2.24) is 0 Å². The molecule has 0 aliphatic carbocycles. The molecule has 0 fully saturated rings. The van der Waals surface area contributed by atoms with Gasteiger partial charge in [0, 0.05) is 10.7 Å². The molecule has 0 spiro atoms. The van der Waals surface area contributed by atoms with E-state index >= 15 is 0 Å². The first-order chi connectivity index (χ1) is 10.9.